The minimum Gasteiger partial charge on any atom is -0.373 e. The SMILES string of the molecule is Cc1ccc(S(=O)(=O)N[C@H]2CCO[C@@]2(C)CI)cc1. The van der Waals surface area contributed by atoms with E-state index in [1.807, 2.05) is 13.8 Å². The molecule has 1 fully saturated rings. The van der Waals surface area contributed by atoms with Gasteiger partial charge in [-0.05, 0) is 32.4 Å². The number of halogens is 1. The van der Waals surface area contributed by atoms with Crippen LogP contribution in [0.5, 0.6) is 0 Å². The summed E-state index contributed by atoms with van der Waals surface area (Å²) in [6.45, 7) is 4.48. The van der Waals surface area contributed by atoms with E-state index in [1.54, 1.807) is 24.3 Å². The fraction of sp³-hybridized carbons (Fsp3) is 0.538. The summed E-state index contributed by atoms with van der Waals surface area (Å²) in [6.07, 6.45) is 0.713. The van der Waals surface area contributed by atoms with E-state index in [1.165, 1.54) is 0 Å². The van der Waals surface area contributed by atoms with Crippen LogP contribution in [0.15, 0.2) is 29.2 Å². The first kappa shape index (κ1) is 15.2. The lowest BCUT2D eigenvalue weighted by Gasteiger charge is -2.28. The Morgan fingerprint density at radius 1 is 1.42 bits per heavy atom. The number of ether oxygens (including phenoxy) is 1. The number of rotatable bonds is 4. The van der Waals surface area contributed by atoms with Gasteiger partial charge in [0.1, 0.15) is 0 Å². The van der Waals surface area contributed by atoms with Gasteiger partial charge in [-0.25, -0.2) is 13.1 Å². The highest BCUT2D eigenvalue weighted by Crippen LogP contribution is 2.29. The molecule has 0 bridgehead atoms. The minimum absolute atomic E-state index is 0.171. The summed E-state index contributed by atoms with van der Waals surface area (Å²) in [5.74, 6) is 0. The second kappa shape index (κ2) is 5.67. The van der Waals surface area contributed by atoms with Crippen LogP contribution in [0.4, 0.5) is 0 Å². The summed E-state index contributed by atoms with van der Waals surface area (Å²) in [7, 11) is -3.47. The highest BCUT2D eigenvalue weighted by molar-refractivity contribution is 14.1. The van der Waals surface area contributed by atoms with Gasteiger partial charge in [0, 0.05) is 11.0 Å². The summed E-state index contributed by atoms with van der Waals surface area (Å²) in [6, 6.07) is 6.70. The molecule has 1 aliphatic heterocycles. The van der Waals surface area contributed by atoms with Gasteiger partial charge < -0.3 is 4.74 Å². The standard InChI is InChI=1S/C13H18INO3S/c1-10-3-5-11(6-4-10)19(16,17)15-12-7-8-18-13(12,2)9-14/h3-6,12,15H,7-9H2,1-2H3/t12-,13-/m0/s1. The lowest BCUT2D eigenvalue weighted by atomic mass is 10.0. The van der Waals surface area contributed by atoms with Gasteiger partial charge in [-0.2, -0.15) is 0 Å². The molecular weight excluding hydrogens is 377 g/mol. The van der Waals surface area contributed by atoms with Crippen molar-refractivity contribution in [3.8, 4) is 0 Å². The molecule has 2 atom stereocenters. The Labute approximate surface area is 128 Å². The van der Waals surface area contributed by atoms with Gasteiger partial charge in [0.05, 0.1) is 16.5 Å². The maximum absolute atomic E-state index is 12.3. The molecule has 0 amide bonds. The summed E-state index contributed by atoms with van der Waals surface area (Å²) in [5.41, 5.74) is 0.624. The molecule has 1 aliphatic rings. The van der Waals surface area contributed by atoms with Crippen molar-refractivity contribution in [2.45, 2.75) is 36.8 Å². The van der Waals surface area contributed by atoms with Crippen LogP contribution in [0.25, 0.3) is 0 Å². The van der Waals surface area contributed by atoms with Crippen LogP contribution in [0.2, 0.25) is 0 Å². The summed E-state index contributed by atoms with van der Waals surface area (Å²) >= 11 is 2.23. The van der Waals surface area contributed by atoms with E-state index in [-0.39, 0.29) is 6.04 Å². The average Bonchev–Trinajstić information content (AvgIpc) is 2.72. The Morgan fingerprint density at radius 2 is 2.05 bits per heavy atom. The van der Waals surface area contributed by atoms with Crippen LogP contribution in [-0.2, 0) is 14.8 Å². The predicted octanol–water partition coefficient (Wildman–Crippen LogP) is 2.26. The van der Waals surface area contributed by atoms with Gasteiger partial charge in [0.2, 0.25) is 10.0 Å². The molecule has 0 aliphatic carbocycles. The van der Waals surface area contributed by atoms with Gasteiger partial charge in [-0.15, -0.1) is 0 Å². The Hall–Kier alpha value is -0.180. The fourth-order valence-corrected chi connectivity index (χ4v) is 4.23. The van der Waals surface area contributed by atoms with E-state index in [0.717, 1.165) is 9.99 Å². The Morgan fingerprint density at radius 3 is 2.63 bits per heavy atom. The zero-order valence-electron chi connectivity index (χ0n) is 11.0. The van der Waals surface area contributed by atoms with Crippen molar-refractivity contribution in [1.29, 1.82) is 0 Å². The molecule has 106 valence electrons. The van der Waals surface area contributed by atoms with Gasteiger partial charge in [-0.1, -0.05) is 40.3 Å². The molecule has 1 aromatic carbocycles. The predicted molar refractivity (Wildman–Crippen MR) is 83.1 cm³/mol. The maximum atomic E-state index is 12.3. The summed E-state index contributed by atoms with van der Waals surface area (Å²) < 4.78 is 33.9. The number of nitrogens with one attached hydrogen (secondary N) is 1. The molecule has 1 aromatic rings. The van der Waals surface area contributed by atoms with Crippen molar-refractivity contribution in [1.82, 2.24) is 4.72 Å². The van der Waals surface area contributed by atoms with Crippen LogP contribution in [0.1, 0.15) is 18.9 Å². The Kier molecular flexibility index (Phi) is 4.54. The molecule has 1 heterocycles. The Bertz CT molecular complexity index is 544. The minimum atomic E-state index is -3.47. The molecule has 19 heavy (non-hydrogen) atoms. The lowest BCUT2D eigenvalue weighted by Crippen LogP contribution is -2.49. The highest BCUT2D eigenvalue weighted by Gasteiger charge is 2.41. The maximum Gasteiger partial charge on any atom is 0.240 e. The number of sulfonamides is 1. The molecule has 0 unspecified atom stereocenters. The van der Waals surface area contributed by atoms with Gasteiger partial charge in [0.25, 0.3) is 0 Å². The Balaban J connectivity index is 2.20. The largest absolute Gasteiger partial charge is 0.373 e. The average molecular weight is 395 g/mol. The third-order valence-corrected chi connectivity index (χ3v) is 6.47. The molecular formula is C13H18INO3S. The number of benzene rings is 1. The van der Waals surface area contributed by atoms with E-state index >= 15 is 0 Å². The number of hydrogen-bond donors (Lipinski definition) is 1. The van der Waals surface area contributed by atoms with Crippen molar-refractivity contribution < 1.29 is 13.2 Å². The topological polar surface area (TPSA) is 55.4 Å². The molecule has 1 N–H and O–H groups in total. The quantitative estimate of drug-likeness (QED) is 0.629. The van der Waals surface area contributed by atoms with Crippen molar-refractivity contribution >= 4 is 32.6 Å². The first-order valence-electron chi connectivity index (χ1n) is 6.16. The first-order valence-corrected chi connectivity index (χ1v) is 9.17. The smallest absolute Gasteiger partial charge is 0.240 e. The molecule has 2 rings (SSSR count). The van der Waals surface area contributed by atoms with Gasteiger partial charge in [0.15, 0.2) is 0 Å². The number of hydrogen-bond acceptors (Lipinski definition) is 3. The molecule has 4 nitrogen and oxygen atoms in total. The van der Waals surface area contributed by atoms with Crippen LogP contribution in [0, 0.1) is 6.92 Å². The third-order valence-electron chi connectivity index (χ3n) is 3.47. The fourth-order valence-electron chi connectivity index (χ4n) is 2.10. The normalized spacial score (nSPS) is 27.6. The van der Waals surface area contributed by atoms with Crippen LogP contribution in [-0.4, -0.2) is 31.1 Å². The zero-order chi connectivity index (χ0) is 14.1. The van der Waals surface area contributed by atoms with Crippen molar-refractivity contribution in [2.75, 3.05) is 11.0 Å². The number of aryl methyl sites for hydroxylation is 1. The summed E-state index contributed by atoms with van der Waals surface area (Å²) in [4.78, 5) is 0.306. The van der Waals surface area contributed by atoms with Gasteiger partial charge in [-0.3, -0.25) is 0 Å². The van der Waals surface area contributed by atoms with E-state index < -0.39 is 15.6 Å². The second-order valence-electron chi connectivity index (χ2n) is 5.07. The third kappa shape index (κ3) is 3.29. The summed E-state index contributed by atoms with van der Waals surface area (Å²) in [5, 5.41) is 0. The van der Waals surface area contributed by atoms with E-state index in [0.29, 0.717) is 17.9 Å². The van der Waals surface area contributed by atoms with E-state index in [9.17, 15) is 8.42 Å². The molecule has 0 saturated carbocycles. The molecule has 6 heteroatoms. The molecule has 0 radical (unpaired) electrons. The van der Waals surface area contributed by atoms with Crippen LogP contribution < -0.4 is 4.72 Å². The number of alkyl halides is 1. The van der Waals surface area contributed by atoms with E-state index in [4.69, 9.17) is 4.74 Å². The zero-order valence-corrected chi connectivity index (χ0v) is 14.0. The molecule has 0 aromatic heterocycles. The van der Waals surface area contributed by atoms with Crippen molar-refractivity contribution in [3.63, 3.8) is 0 Å². The van der Waals surface area contributed by atoms with Crippen LogP contribution in [0.3, 0.4) is 0 Å². The van der Waals surface area contributed by atoms with Gasteiger partial charge >= 0.3 is 0 Å². The van der Waals surface area contributed by atoms with Crippen LogP contribution >= 0.6 is 22.6 Å². The van der Waals surface area contributed by atoms with E-state index in [2.05, 4.69) is 27.3 Å². The lowest BCUT2D eigenvalue weighted by molar-refractivity contribution is 0.0322. The molecule has 1 saturated heterocycles. The van der Waals surface area contributed by atoms with Crippen molar-refractivity contribution in [3.05, 3.63) is 29.8 Å². The first-order chi connectivity index (χ1) is 8.87. The second-order valence-corrected chi connectivity index (χ2v) is 7.55. The highest BCUT2D eigenvalue weighted by atomic mass is 127. The monoisotopic (exact) mass is 395 g/mol. The molecule has 0 spiro atoms. The van der Waals surface area contributed by atoms with Crippen molar-refractivity contribution in [2.24, 2.45) is 0 Å².